The number of esters is 1. The lowest BCUT2D eigenvalue weighted by Crippen LogP contribution is -2.20. The number of benzene rings is 3. The summed E-state index contributed by atoms with van der Waals surface area (Å²) in [6.07, 6.45) is 0. The van der Waals surface area contributed by atoms with Crippen molar-refractivity contribution in [3.05, 3.63) is 90.0 Å². The zero-order valence-electron chi connectivity index (χ0n) is 18.5. The molecule has 4 aromatic rings. The highest BCUT2D eigenvalue weighted by molar-refractivity contribution is 5.97. The Labute approximate surface area is 192 Å². The summed E-state index contributed by atoms with van der Waals surface area (Å²) in [6.45, 7) is 3.81. The molecule has 0 saturated carbocycles. The maximum atomic E-state index is 12.5. The van der Waals surface area contributed by atoms with Gasteiger partial charge in [-0.1, -0.05) is 42.5 Å². The standard InChI is InChI=1S/C27H24N2O4/c1-3-32-27(31)20-12-13-23-22(15-20)25(16-24(29-23)19-9-5-4-6-10-19)33-17-26(30)28-21-11-7-8-18(2)14-21/h4-16H,3,17H2,1-2H3,(H,28,30). The molecular formula is C27H24N2O4. The lowest BCUT2D eigenvalue weighted by Gasteiger charge is -2.13. The van der Waals surface area contributed by atoms with Crippen molar-refractivity contribution in [2.24, 2.45) is 0 Å². The summed E-state index contributed by atoms with van der Waals surface area (Å²) in [5.74, 6) is -0.243. The first-order valence-electron chi connectivity index (χ1n) is 10.7. The Balaban J connectivity index is 1.66. The van der Waals surface area contributed by atoms with E-state index in [-0.39, 0.29) is 19.1 Å². The number of nitrogens with one attached hydrogen (secondary N) is 1. The fourth-order valence-corrected chi connectivity index (χ4v) is 3.48. The average molecular weight is 440 g/mol. The van der Waals surface area contributed by atoms with E-state index in [9.17, 15) is 9.59 Å². The zero-order valence-corrected chi connectivity index (χ0v) is 18.5. The monoisotopic (exact) mass is 440 g/mol. The number of amides is 1. The number of ether oxygens (including phenoxy) is 2. The zero-order chi connectivity index (χ0) is 23.2. The molecule has 0 aliphatic carbocycles. The Morgan fingerprint density at radius 3 is 2.52 bits per heavy atom. The van der Waals surface area contributed by atoms with Crippen LogP contribution < -0.4 is 10.1 Å². The first-order chi connectivity index (χ1) is 16.0. The van der Waals surface area contributed by atoms with Crippen molar-refractivity contribution < 1.29 is 19.1 Å². The Morgan fingerprint density at radius 1 is 0.939 bits per heavy atom. The minimum absolute atomic E-state index is 0.190. The van der Waals surface area contributed by atoms with Gasteiger partial charge in [0, 0.05) is 22.7 Å². The summed E-state index contributed by atoms with van der Waals surface area (Å²) in [6, 6.07) is 24.2. The molecule has 1 heterocycles. The number of hydrogen-bond acceptors (Lipinski definition) is 5. The van der Waals surface area contributed by atoms with E-state index in [0.29, 0.717) is 33.6 Å². The summed E-state index contributed by atoms with van der Waals surface area (Å²) in [4.78, 5) is 29.5. The van der Waals surface area contributed by atoms with Crippen molar-refractivity contribution in [3.63, 3.8) is 0 Å². The van der Waals surface area contributed by atoms with Gasteiger partial charge in [-0.2, -0.15) is 0 Å². The third-order valence-corrected chi connectivity index (χ3v) is 5.01. The maximum Gasteiger partial charge on any atom is 0.338 e. The molecule has 6 heteroatoms. The van der Waals surface area contributed by atoms with Crippen LogP contribution in [0, 0.1) is 6.92 Å². The molecule has 0 bridgehead atoms. The van der Waals surface area contributed by atoms with E-state index in [4.69, 9.17) is 14.5 Å². The number of fused-ring (bicyclic) bond motifs is 1. The molecule has 1 aromatic heterocycles. The average Bonchev–Trinajstić information content (AvgIpc) is 2.83. The van der Waals surface area contributed by atoms with Crippen LogP contribution in [-0.4, -0.2) is 30.1 Å². The molecule has 1 N–H and O–H groups in total. The second-order valence-electron chi connectivity index (χ2n) is 7.53. The number of nitrogens with zero attached hydrogens (tertiary/aromatic N) is 1. The summed E-state index contributed by atoms with van der Waals surface area (Å²) >= 11 is 0. The first-order valence-corrected chi connectivity index (χ1v) is 10.7. The van der Waals surface area contributed by atoms with E-state index in [0.717, 1.165) is 11.1 Å². The number of rotatable bonds is 7. The van der Waals surface area contributed by atoms with Crippen molar-refractivity contribution in [1.29, 1.82) is 0 Å². The molecule has 1 amide bonds. The van der Waals surface area contributed by atoms with Gasteiger partial charge in [0.25, 0.3) is 5.91 Å². The summed E-state index contributed by atoms with van der Waals surface area (Å²) < 4.78 is 11.1. The van der Waals surface area contributed by atoms with Gasteiger partial charge in [0.15, 0.2) is 6.61 Å². The van der Waals surface area contributed by atoms with Crippen LogP contribution in [0.4, 0.5) is 5.69 Å². The molecule has 0 radical (unpaired) electrons. The van der Waals surface area contributed by atoms with Crippen LogP contribution in [0.1, 0.15) is 22.8 Å². The van der Waals surface area contributed by atoms with E-state index in [1.807, 2.05) is 61.5 Å². The quantitative estimate of drug-likeness (QED) is 0.389. The molecule has 0 atom stereocenters. The van der Waals surface area contributed by atoms with E-state index >= 15 is 0 Å². The molecule has 0 spiro atoms. The van der Waals surface area contributed by atoms with Gasteiger partial charge in [-0.05, 0) is 49.7 Å². The molecule has 0 unspecified atom stereocenters. The van der Waals surface area contributed by atoms with Gasteiger partial charge in [-0.3, -0.25) is 4.79 Å². The number of aryl methyl sites for hydroxylation is 1. The number of pyridine rings is 1. The van der Waals surface area contributed by atoms with Crippen molar-refractivity contribution in [2.75, 3.05) is 18.5 Å². The lowest BCUT2D eigenvalue weighted by molar-refractivity contribution is -0.118. The minimum atomic E-state index is -0.422. The normalized spacial score (nSPS) is 10.6. The van der Waals surface area contributed by atoms with Gasteiger partial charge >= 0.3 is 5.97 Å². The summed E-state index contributed by atoms with van der Waals surface area (Å²) in [5, 5.41) is 3.47. The van der Waals surface area contributed by atoms with Crippen LogP contribution in [0.15, 0.2) is 78.9 Å². The molecule has 0 aliphatic heterocycles. The maximum absolute atomic E-state index is 12.5. The van der Waals surface area contributed by atoms with Crippen LogP contribution in [-0.2, 0) is 9.53 Å². The highest BCUT2D eigenvalue weighted by atomic mass is 16.5. The van der Waals surface area contributed by atoms with Crippen molar-refractivity contribution in [2.45, 2.75) is 13.8 Å². The second-order valence-corrected chi connectivity index (χ2v) is 7.53. The lowest BCUT2D eigenvalue weighted by atomic mass is 10.1. The van der Waals surface area contributed by atoms with Crippen molar-refractivity contribution >= 4 is 28.5 Å². The van der Waals surface area contributed by atoms with Crippen LogP contribution >= 0.6 is 0 Å². The predicted octanol–water partition coefficient (Wildman–Crippen LogP) is 5.40. The van der Waals surface area contributed by atoms with Crippen LogP contribution in [0.5, 0.6) is 5.75 Å². The highest BCUT2D eigenvalue weighted by Gasteiger charge is 2.14. The Hall–Kier alpha value is -4.19. The number of carbonyl (C=O) groups is 2. The Bertz CT molecular complexity index is 1300. The third-order valence-electron chi connectivity index (χ3n) is 5.01. The van der Waals surface area contributed by atoms with Crippen molar-refractivity contribution in [3.8, 4) is 17.0 Å². The number of hydrogen-bond donors (Lipinski definition) is 1. The largest absolute Gasteiger partial charge is 0.483 e. The van der Waals surface area contributed by atoms with Crippen LogP contribution in [0.25, 0.3) is 22.2 Å². The van der Waals surface area contributed by atoms with Gasteiger partial charge in [-0.25, -0.2) is 9.78 Å². The van der Waals surface area contributed by atoms with Gasteiger partial charge < -0.3 is 14.8 Å². The smallest absolute Gasteiger partial charge is 0.338 e. The van der Waals surface area contributed by atoms with Gasteiger partial charge in [0.1, 0.15) is 5.75 Å². The molecule has 0 fully saturated rings. The SMILES string of the molecule is CCOC(=O)c1ccc2nc(-c3ccccc3)cc(OCC(=O)Nc3cccc(C)c3)c2c1. The topological polar surface area (TPSA) is 77.5 Å². The Morgan fingerprint density at radius 2 is 1.76 bits per heavy atom. The molecule has 0 aliphatic rings. The van der Waals surface area contributed by atoms with Crippen LogP contribution in [0.2, 0.25) is 0 Å². The summed E-state index contributed by atoms with van der Waals surface area (Å²) in [7, 11) is 0. The van der Waals surface area contributed by atoms with Gasteiger partial charge in [-0.15, -0.1) is 0 Å². The molecule has 166 valence electrons. The predicted molar refractivity (Wildman–Crippen MR) is 128 cm³/mol. The third kappa shape index (κ3) is 5.36. The highest BCUT2D eigenvalue weighted by Crippen LogP contribution is 2.31. The fraction of sp³-hybridized carbons (Fsp3) is 0.148. The molecular weight excluding hydrogens is 416 g/mol. The molecule has 33 heavy (non-hydrogen) atoms. The summed E-state index contributed by atoms with van der Waals surface area (Å²) in [5.41, 5.74) is 4.43. The number of aromatic nitrogens is 1. The van der Waals surface area contributed by atoms with Gasteiger partial charge in [0.2, 0.25) is 0 Å². The van der Waals surface area contributed by atoms with Crippen molar-refractivity contribution in [1.82, 2.24) is 4.98 Å². The second kappa shape index (κ2) is 9.96. The molecule has 3 aromatic carbocycles. The fourth-order valence-electron chi connectivity index (χ4n) is 3.48. The molecule has 6 nitrogen and oxygen atoms in total. The van der Waals surface area contributed by atoms with E-state index < -0.39 is 5.97 Å². The van der Waals surface area contributed by atoms with E-state index in [1.54, 1.807) is 31.2 Å². The van der Waals surface area contributed by atoms with E-state index in [1.165, 1.54) is 0 Å². The number of carbonyl (C=O) groups excluding carboxylic acids is 2. The number of anilines is 1. The first kappa shape index (κ1) is 22.0. The molecule has 0 saturated heterocycles. The van der Waals surface area contributed by atoms with E-state index in [2.05, 4.69) is 5.32 Å². The van der Waals surface area contributed by atoms with Gasteiger partial charge in [0.05, 0.1) is 23.4 Å². The Kier molecular flexibility index (Phi) is 6.64. The van der Waals surface area contributed by atoms with Crippen LogP contribution in [0.3, 0.4) is 0 Å². The molecule has 4 rings (SSSR count). The minimum Gasteiger partial charge on any atom is -0.483 e.